The molecule has 1 saturated carbocycles. The molecule has 2 bridgehead atoms. The Morgan fingerprint density at radius 1 is 0.935 bits per heavy atom. The van der Waals surface area contributed by atoms with Crippen molar-refractivity contribution in [3.8, 4) is 0 Å². The minimum atomic E-state index is -1.26. The summed E-state index contributed by atoms with van der Waals surface area (Å²) in [5.41, 5.74) is 4.34. The van der Waals surface area contributed by atoms with Crippen LogP contribution in [0.4, 0.5) is 5.69 Å². The van der Waals surface area contributed by atoms with Crippen LogP contribution in [-0.2, 0) is 16.0 Å². The maximum absolute atomic E-state index is 13.4. The predicted molar refractivity (Wildman–Crippen MR) is 125 cm³/mol. The summed E-state index contributed by atoms with van der Waals surface area (Å²) >= 11 is 39.2. The number of nitrogens with zero attached hydrogens (tertiary/aromatic N) is 1. The fraction of sp³-hybridized carbons (Fsp3) is 0.364. The lowest BCUT2D eigenvalue weighted by molar-refractivity contribution is -0.123. The number of benzene rings is 1. The molecule has 0 radical (unpaired) electrons. The second-order valence-electron chi connectivity index (χ2n) is 8.72. The molecule has 4 unspecified atom stereocenters. The summed E-state index contributed by atoms with van der Waals surface area (Å²) in [6.45, 7) is 0. The molecule has 6 rings (SSSR count). The summed E-state index contributed by atoms with van der Waals surface area (Å²) in [5.74, 6) is -2.52. The van der Waals surface area contributed by atoms with Crippen LogP contribution in [0.25, 0.3) is 5.57 Å². The van der Waals surface area contributed by atoms with Crippen molar-refractivity contribution in [3.05, 3.63) is 57.1 Å². The number of rotatable bonds is 1. The number of hydrogen-bond donors (Lipinski definition) is 0. The van der Waals surface area contributed by atoms with Gasteiger partial charge in [0.25, 0.3) is 0 Å². The summed E-state index contributed by atoms with van der Waals surface area (Å²) in [4.78, 5) is 25.5. The molecule has 2 amide bonds. The summed E-state index contributed by atoms with van der Waals surface area (Å²) in [5, 5.41) is 0.321. The van der Waals surface area contributed by atoms with E-state index < -0.39 is 37.7 Å². The Kier molecular flexibility index (Phi) is 4.22. The largest absolute Gasteiger partial charge is 0.274 e. The molecular formula is C22H13Cl6NO2. The second-order valence-corrected chi connectivity index (χ2v) is 12.3. The van der Waals surface area contributed by atoms with E-state index in [-0.39, 0.29) is 16.5 Å². The number of hydrogen-bond acceptors (Lipinski definition) is 2. The molecule has 31 heavy (non-hydrogen) atoms. The molecule has 0 N–H and O–H groups in total. The van der Waals surface area contributed by atoms with Crippen molar-refractivity contribution in [2.45, 2.75) is 33.3 Å². The van der Waals surface area contributed by atoms with Crippen LogP contribution in [0.15, 0.2) is 46.0 Å². The van der Waals surface area contributed by atoms with Crippen molar-refractivity contribution in [2.75, 3.05) is 4.90 Å². The fourth-order valence-corrected chi connectivity index (χ4v) is 8.21. The van der Waals surface area contributed by atoms with E-state index >= 15 is 0 Å². The van der Waals surface area contributed by atoms with Crippen molar-refractivity contribution in [3.63, 3.8) is 0 Å². The topological polar surface area (TPSA) is 37.4 Å². The van der Waals surface area contributed by atoms with E-state index in [0.29, 0.717) is 18.5 Å². The second kappa shape index (κ2) is 6.25. The lowest BCUT2D eigenvalue weighted by atomic mass is 9.84. The van der Waals surface area contributed by atoms with Crippen molar-refractivity contribution < 1.29 is 9.59 Å². The van der Waals surface area contributed by atoms with Gasteiger partial charge in [-0.25, -0.2) is 4.90 Å². The van der Waals surface area contributed by atoms with Crippen LogP contribution < -0.4 is 4.90 Å². The van der Waals surface area contributed by atoms with Crippen LogP contribution in [0.1, 0.15) is 24.0 Å². The maximum atomic E-state index is 13.4. The SMILES string of the molecule is O=C1C2C(C(=O)N1c1ccc3c(c1)CC1=C3C=CCC1(Cl)Cl)C1(Cl)CC2(Cl)C(Cl)=C1Cl. The quantitative estimate of drug-likeness (QED) is 0.313. The van der Waals surface area contributed by atoms with E-state index in [4.69, 9.17) is 69.6 Å². The van der Waals surface area contributed by atoms with Crippen LogP contribution in [0.2, 0.25) is 0 Å². The number of anilines is 1. The van der Waals surface area contributed by atoms with Gasteiger partial charge in [0.05, 0.1) is 37.3 Å². The number of imide groups is 1. The van der Waals surface area contributed by atoms with Gasteiger partial charge in [-0.3, -0.25) is 9.59 Å². The number of halogens is 6. The Labute approximate surface area is 208 Å². The third-order valence-corrected chi connectivity index (χ3v) is 10.4. The standard InChI is InChI=1S/C22H13Cl6NO2/c23-16-17(24)21(26)8-20(16,25)14-15(21)19(31)29(18(14)30)10-3-4-11-9(6-10)7-13-12(11)2-1-5-22(13,27)28/h1-4,6,14-15H,5,7-8H2. The zero-order valence-electron chi connectivity index (χ0n) is 15.7. The van der Waals surface area contributed by atoms with Crippen LogP contribution in [0, 0.1) is 11.8 Å². The Balaban J connectivity index is 1.40. The van der Waals surface area contributed by atoms with Gasteiger partial charge in [0.2, 0.25) is 11.8 Å². The van der Waals surface area contributed by atoms with Gasteiger partial charge in [-0.2, -0.15) is 0 Å². The van der Waals surface area contributed by atoms with Crippen molar-refractivity contribution >= 4 is 92.7 Å². The van der Waals surface area contributed by atoms with Gasteiger partial charge < -0.3 is 0 Å². The molecule has 1 heterocycles. The molecular weight excluding hydrogens is 523 g/mol. The average Bonchev–Trinajstić information content (AvgIpc) is 3.34. The molecule has 1 aromatic rings. The van der Waals surface area contributed by atoms with Gasteiger partial charge in [0.15, 0.2) is 0 Å². The molecule has 0 aromatic heterocycles. The zero-order chi connectivity index (χ0) is 22.1. The molecule has 4 atom stereocenters. The van der Waals surface area contributed by atoms with Gasteiger partial charge >= 0.3 is 0 Å². The molecule has 5 aliphatic rings. The Morgan fingerprint density at radius 3 is 2.16 bits per heavy atom. The Hall–Kier alpha value is -0.680. The summed E-state index contributed by atoms with van der Waals surface area (Å²) in [6, 6.07) is 5.47. The molecule has 3 nitrogen and oxygen atoms in total. The normalized spacial score (nSPS) is 37.2. The monoisotopic (exact) mass is 533 g/mol. The number of amides is 2. The third kappa shape index (κ3) is 2.41. The van der Waals surface area contributed by atoms with Crippen LogP contribution in [0.3, 0.4) is 0 Å². The average molecular weight is 536 g/mol. The lowest BCUT2D eigenvalue weighted by Gasteiger charge is -2.29. The highest BCUT2D eigenvalue weighted by atomic mass is 35.5. The zero-order valence-corrected chi connectivity index (χ0v) is 20.2. The summed E-state index contributed by atoms with van der Waals surface area (Å²) < 4.78 is -0.964. The van der Waals surface area contributed by atoms with E-state index in [1.54, 1.807) is 6.07 Å². The van der Waals surface area contributed by atoms with Gasteiger partial charge in [-0.1, -0.05) is 64.6 Å². The first kappa shape index (κ1) is 20.9. The Morgan fingerprint density at radius 2 is 1.55 bits per heavy atom. The number of fused-ring (bicyclic) bond motifs is 7. The highest BCUT2D eigenvalue weighted by Gasteiger charge is 2.76. The van der Waals surface area contributed by atoms with Gasteiger partial charge in [0.1, 0.15) is 4.33 Å². The van der Waals surface area contributed by atoms with E-state index in [0.717, 1.165) is 22.3 Å². The first-order valence-corrected chi connectivity index (χ1v) is 12.0. The minimum Gasteiger partial charge on any atom is -0.274 e. The molecule has 1 aliphatic heterocycles. The minimum absolute atomic E-state index is 0.155. The molecule has 4 aliphatic carbocycles. The molecule has 160 valence electrons. The molecule has 1 saturated heterocycles. The van der Waals surface area contributed by atoms with Crippen molar-refractivity contribution in [1.29, 1.82) is 0 Å². The van der Waals surface area contributed by atoms with E-state index in [1.807, 2.05) is 24.3 Å². The van der Waals surface area contributed by atoms with E-state index in [9.17, 15) is 9.59 Å². The number of carbonyl (C=O) groups is 2. The van der Waals surface area contributed by atoms with Crippen LogP contribution in [-0.4, -0.2) is 25.9 Å². The molecule has 2 fully saturated rings. The lowest BCUT2D eigenvalue weighted by Crippen LogP contribution is -2.38. The number of carbonyl (C=O) groups excluding carboxylic acids is 2. The fourth-order valence-electron chi connectivity index (χ4n) is 5.77. The third-order valence-electron chi connectivity index (χ3n) is 7.16. The van der Waals surface area contributed by atoms with Crippen LogP contribution >= 0.6 is 69.6 Å². The first-order valence-electron chi connectivity index (χ1n) is 9.74. The van der Waals surface area contributed by atoms with Gasteiger partial charge in [-0.05, 0) is 47.2 Å². The summed E-state index contributed by atoms with van der Waals surface area (Å²) in [7, 11) is 0. The predicted octanol–water partition coefficient (Wildman–Crippen LogP) is 6.30. The first-order chi connectivity index (χ1) is 14.5. The van der Waals surface area contributed by atoms with Gasteiger partial charge in [0, 0.05) is 6.42 Å². The molecule has 1 aromatic carbocycles. The number of alkyl halides is 4. The van der Waals surface area contributed by atoms with Crippen molar-refractivity contribution in [1.82, 2.24) is 0 Å². The van der Waals surface area contributed by atoms with E-state index in [2.05, 4.69) is 0 Å². The maximum Gasteiger partial charge on any atom is 0.239 e. The van der Waals surface area contributed by atoms with Crippen molar-refractivity contribution in [2.24, 2.45) is 11.8 Å². The van der Waals surface area contributed by atoms with Gasteiger partial charge in [-0.15, -0.1) is 23.2 Å². The number of allylic oxidation sites excluding steroid dienone is 6. The molecule has 0 spiro atoms. The van der Waals surface area contributed by atoms with Crippen LogP contribution in [0.5, 0.6) is 0 Å². The highest BCUT2D eigenvalue weighted by molar-refractivity contribution is 6.53. The Bertz CT molecular complexity index is 1170. The summed E-state index contributed by atoms with van der Waals surface area (Å²) in [6.07, 6.45) is 5.21. The smallest absolute Gasteiger partial charge is 0.239 e. The van der Waals surface area contributed by atoms with E-state index in [1.165, 1.54) is 4.90 Å². The highest BCUT2D eigenvalue weighted by Crippen LogP contribution is 2.70. The molecule has 9 heteroatoms.